The van der Waals surface area contributed by atoms with Crippen molar-refractivity contribution in [1.82, 2.24) is 9.88 Å². The molecule has 2 aromatic carbocycles. The Hall–Kier alpha value is -3.22. The van der Waals surface area contributed by atoms with E-state index in [0.29, 0.717) is 54.6 Å². The second kappa shape index (κ2) is 7.80. The van der Waals surface area contributed by atoms with Gasteiger partial charge in [-0.15, -0.1) is 0 Å². The summed E-state index contributed by atoms with van der Waals surface area (Å²) < 4.78 is 5.34. The van der Waals surface area contributed by atoms with Crippen LogP contribution in [0.25, 0.3) is 22.5 Å². The van der Waals surface area contributed by atoms with E-state index in [0.717, 1.165) is 27.9 Å². The molecule has 156 valence electrons. The number of morpholine rings is 1. The van der Waals surface area contributed by atoms with Crippen LogP contribution in [-0.2, 0) is 11.2 Å². The number of pyridine rings is 1. The summed E-state index contributed by atoms with van der Waals surface area (Å²) in [5, 5.41) is 0.590. The molecule has 1 aliphatic heterocycles. The number of hydrogen-bond acceptors (Lipinski definition) is 4. The number of fused-ring (bicyclic) bond motifs is 3. The molecule has 6 nitrogen and oxygen atoms in total. The topological polar surface area (TPSA) is 85.5 Å². The summed E-state index contributed by atoms with van der Waals surface area (Å²) in [5.41, 5.74) is 11.6. The second-order valence-electron chi connectivity index (χ2n) is 7.71. The maximum absolute atomic E-state index is 12.9. The number of benzene rings is 2. The molecule has 0 saturated carbocycles. The Morgan fingerprint density at radius 3 is 2.61 bits per heavy atom. The summed E-state index contributed by atoms with van der Waals surface area (Å²) in [6, 6.07) is 14.7. The molecule has 2 amide bonds. The van der Waals surface area contributed by atoms with Gasteiger partial charge in [0.05, 0.1) is 24.6 Å². The van der Waals surface area contributed by atoms with Crippen LogP contribution >= 0.6 is 11.6 Å². The second-order valence-corrected chi connectivity index (χ2v) is 8.15. The Labute approximate surface area is 184 Å². The molecule has 7 heteroatoms. The van der Waals surface area contributed by atoms with E-state index >= 15 is 0 Å². The molecular formula is C24H20ClN3O3. The van der Waals surface area contributed by atoms with Crippen LogP contribution in [0.3, 0.4) is 0 Å². The molecule has 1 fully saturated rings. The average Bonchev–Trinajstić information content (AvgIpc) is 3.16. The first-order chi connectivity index (χ1) is 15.0. The fraction of sp³-hybridized carbons (Fsp3) is 0.208. The first-order valence-electron chi connectivity index (χ1n) is 10.1. The fourth-order valence-corrected chi connectivity index (χ4v) is 4.42. The zero-order valence-electron chi connectivity index (χ0n) is 16.7. The van der Waals surface area contributed by atoms with E-state index < -0.39 is 5.91 Å². The minimum absolute atomic E-state index is 0.00948. The summed E-state index contributed by atoms with van der Waals surface area (Å²) in [5.74, 6) is -0.510. The predicted molar refractivity (Wildman–Crippen MR) is 118 cm³/mol. The Morgan fingerprint density at radius 1 is 1.06 bits per heavy atom. The number of halogens is 1. The molecule has 0 unspecified atom stereocenters. The lowest BCUT2D eigenvalue weighted by atomic mass is 10.0. The highest BCUT2D eigenvalue weighted by molar-refractivity contribution is 6.30. The predicted octanol–water partition coefficient (Wildman–Crippen LogP) is 3.54. The number of primary amides is 1. The smallest absolute Gasteiger partial charge is 0.254 e. The Kier molecular flexibility index (Phi) is 4.96. The molecule has 2 N–H and O–H groups in total. The SMILES string of the molecule is NC(=O)c1cc(-c2cccc(Cl)c2)nc2c1Cc1cc(C(=O)N3CCOCC3)ccc1-2. The Balaban J connectivity index is 1.57. The molecular weight excluding hydrogens is 414 g/mol. The highest BCUT2D eigenvalue weighted by atomic mass is 35.5. The average molecular weight is 434 g/mol. The molecule has 31 heavy (non-hydrogen) atoms. The number of ether oxygens (including phenoxy) is 1. The van der Waals surface area contributed by atoms with Crippen molar-refractivity contribution in [2.75, 3.05) is 26.3 Å². The molecule has 2 heterocycles. The van der Waals surface area contributed by atoms with Gasteiger partial charge in [-0.05, 0) is 41.5 Å². The van der Waals surface area contributed by atoms with Gasteiger partial charge in [0.2, 0.25) is 5.91 Å². The summed E-state index contributed by atoms with van der Waals surface area (Å²) in [6.45, 7) is 2.29. The minimum atomic E-state index is -0.501. The number of carbonyl (C=O) groups is 2. The van der Waals surface area contributed by atoms with E-state index in [1.54, 1.807) is 23.1 Å². The van der Waals surface area contributed by atoms with Crippen molar-refractivity contribution in [3.05, 3.63) is 75.8 Å². The van der Waals surface area contributed by atoms with Gasteiger partial charge >= 0.3 is 0 Å². The van der Waals surface area contributed by atoms with E-state index in [9.17, 15) is 9.59 Å². The van der Waals surface area contributed by atoms with Crippen LogP contribution in [0.2, 0.25) is 5.02 Å². The van der Waals surface area contributed by atoms with E-state index in [4.69, 9.17) is 27.1 Å². The van der Waals surface area contributed by atoms with Gasteiger partial charge in [0.15, 0.2) is 0 Å². The molecule has 0 bridgehead atoms. The third-order valence-corrected chi connectivity index (χ3v) is 6.02. The van der Waals surface area contributed by atoms with Gasteiger partial charge in [-0.1, -0.05) is 29.8 Å². The number of rotatable bonds is 3. The monoisotopic (exact) mass is 433 g/mol. The highest BCUT2D eigenvalue weighted by Crippen LogP contribution is 2.39. The Bertz CT molecular complexity index is 1220. The van der Waals surface area contributed by atoms with Crippen molar-refractivity contribution in [2.45, 2.75) is 6.42 Å². The normalized spacial score (nSPS) is 14.8. The standard InChI is InChI=1S/C24H20ClN3O3/c25-17-3-1-2-14(11-17)21-13-20(23(26)29)19-12-16-10-15(4-5-18(16)22(19)27-21)24(30)28-6-8-31-9-7-28/h1-5,10-11,13H,6-9,12H2,(H2,26,29). The number of hydrogen-bond donors (Lipinski definition) is 1. The van der Waals surface area contributed by atoms with Crippen molar-refractivity contribution >= 4 is 23.4 Å². The number of nitrogens with two attached hydrogens (primary N) is 1. The molecule has 0 radical (unpaired) electrons. The van der Waals surface area contributed by atoms with E-state index in [1.165, 1.54) is 0 Å². The van der Waals surface area contributed by atoms with Gasteiger partial charge in [0.1, 0.15) is 0 Å². The third kappa shape index (κ3) is 3.58. The summed E-state index contributed by atoms with van der Waals surface area (Å²) in [7, 11) is 0. The molecule has 0 spiro atoms. The molecule has 2 aliphatic rings. The number of carbonyl (C=O) groups excluding carboxylic acids is 2. The van der Waals surface area contributed by atoms with Gasteiger partial charge in [0.25, 0.3) is 5.91 Å². The van der Waals surface area contributed by atoms with Crippen LogP contribution in [0.5, 0.6) is 0 Å². The van der Waals surface area contributed by atoms with E-state index in [2.05, 4.69) is 0 Å². The van der Waals surface area contributed by atoms with Crippen LogP contribution in [0.1, 0.15) is 31.8 Å². The van der Waals surface area contributed by atoms with Crippen LogP contribution in [0.4, 0.5) is 0 Å². The summed E-state index contributed by atoms with van der Waals surface area (Å²) in [6.07, 6.45) is 0.510. The lowest BCUT2D eigenvalue weighted by Crippen LogP contribution is -2.40. The van der Waals surface area contributed by atoms with Gasteiger partial charge in [-0.25, -0.2) is 4.98 Å². The third-order valence-electron chi connectivity index (χ3n) is 5.78. The van der Waals surface area contributed by atoms with E-state index in [-0.39, 0.29) is 5.91 Å². The zero-order valence-corrected chi connectivity index (χ0v) is 17.5. The highest BCUT2D eigenvalue weighted by Gasteiger charge is 2.28. The maximum atomic E-state index is 12.9. The van der Waals surface area contributed by atoms with Crippen LogP contribution in [0, 0.1) is 0 Å². The van der Waals surface area contributed by atoms with Crippen LogP contribution in [0.15, 0.2) is 48.5 Å². The first kappa shape index (κ1) is 19.7. The van der Waals surface area contributed by atoms with Crippen molar-refractivity contribution < 1.29 is 14.3 Å². The van der Waals surface area contributed by atoms with Gasteiger partial charge in [-0.2, -0.15) is 0 Å². The lowest BCUT2D eigenvalue weighted by molar-refractivity contribution is 0.0303. The molecule has 3 aromatic rings. The maximum Gasteiger partial charge on any atom is 0.254 e. The van der Waals surface area contributed by atoms with Gasteiger partial charge < -0.3 is 15.4 Å². The molecule has 1 saturated heterocycles. The van der Waals surface area contributed by atoms with Crippen molar-refractivity contribution in [3.8, 4) is 22.5 Å². The first-order valence-corrected chi connectivity index (χ1v) is 10.5. The Morgan fingerprint density at radius 2 is 1.87 bits per heavy atom. The quantitative estimate of drug-likeness (QED) is 0.535. The van der Waals surface area contributed by atoms with Crippen molar-refractivity contribution in [1.29, 1.82) is 0 Å². The van der Waals surface area contributed by atoms with Crippen LogP contribution in [-0.4, -0.2) is 48.0 Å². The van der Waals surface area contributed by atoms with Crippen LogP contribution < -0.4 is 5.73 Å². The minimum Gasteiger partial charge on any atom is -0.378 e. The largest absolute Gasteiger partial charge is 0.378 e. The summed E-state index contributed by atoms with van der Waals surface area (Å²) >= 11 is 6.14. The number of amides is 2. The van der Waals surface area contributed by atoms with Crippen molar-refractivity contribution in [3.63, 3.8) is 0 Å². The molecule has 1 aliphatic carbocycles. The van der Waals surface area contributed by atoms with Crippen molar-refractivity contribution in [2.24, 2.45) is 5.73 Å². The molecule has 5 rings (SSSR count). The fourth-order valence-electron chi connectivity index (χ4n) is 4.23. The zero-order chi connectivity index (χ0) is 21.5. The van der Waals surface area contributed by atoms with E-state index in [1.807, 2.05) is 30.3 Å². The molecule has 1 aromatic heterocycles. The van der Waals surface area contributed by atoms with Gasteiger partial charge in [0, 0.05) is 46.8 Å². The number of aromatic nitrogens is 1. The summed E-state index contributed by atoms with van der Waals surface area (Å²) in [4.78, 5) is 31.8. The number of nitrogens with zero attached hydrogens (tertiary/aromatic N) is 2. The lowest BCUT2D eigenvalue weighted by Gasteiger charge is -2.27. The van der Waals surface area contributed by atoms with Gasteiger partial charge in [-0.3, -0.25) is 9.59 Å². The molecule has 0 atom stereocenters.